The first-order valence-electron chi connectivity index (χ1n) is 5.64. The van der Waals surface area contributed by atoms with Crippen LogP contribution in [0.1, 0.15) is 17.3 Å². The van der Waals surface area contributed by atoms with Gasteiger partial charge in [0.25, 0.3) is 0 Å². The zero-order chi connectivity index (χ0) is 13.7. The van der Waals surface area contributed by atoms with Crippen LogP contribution in [0.2, 0.25) is 5.02 Å². The summed E-state index contributed by atoms with van der Waals surface area (Å²) in [5, 5.41) is 10.1. The van der Waals surface area contributed by atoms with Gasteiger partial charge in [0.2, 0.25) is 0 Å². The lowest BCUT2D eigenvalue weighted by Gasteiger charge is -2.22. The fourth-order valence-electron chi connectivity index (χ4n) is 1.69. The quantitative estimate of drug-likeness (QED) is 0.804. The maximum atomic E-state index is 11.3. The molecule has 0 saturated carbocycles. The molecule has 0 amide bonds. The number of nitrogens with zero attached hydrogens (tertiary/aromatic N) is 1. The molecule has 1 atom stereocenters. The van der Waals surface area contributed by atoms with Gasteiger partial charge in [-0.15, -0.1) is 0 Å². The van der Waals surface area contributed by atoms with Crippen LogP contribution in [0.25, 0.3) is 0 Å². The van der Waals surface area contributed by atoms with Gasteiger partial charge in [-0.05, 0) is 25.1 Å². The monoisotopic (exact) mass is 271 g/mol. The standard InChI is InChI=1S/C13H18ClNO3/c1-9(16)12-5-4-10(6-13(12)14)15(2)7-11(17)8-18-3/h4-6,11,17H,7-8H2,1-3H3. The average Bonchev–Trinajstić information content (AvgIpc) is 2.28. The van der Waals surface area contributed by atoms with Gasteiger partial charge in [0.1, 0.15) is 0 Å². The Morgan fingerprint density at radius 2 is 2.22 bits per heavy atom. The fraction of sp³-hybridized carbons (Fsp3) is 0.462. The molecule has 0 saturated heterocycles. The van der Waals surface area contributed by atoms with Gasteiger partial charge in [-0.1, -0.05) is 11.6 Å². The van der Waals surface area contributed by atoms with Crippen molar-refractivity contribution in [1.82, 2.24) is 0 Å². The van der Waals surface area contributed by atoms with Crippen LogP contribution in [-0.2, 0) is 4.74 Å². The van der Waals surface area contributed by atoms with Gasteiger partial charge in [-0.25, -0.2) is 0 Å². The summed E-state index contributed by atoms with van der Waals surface area (Å²) in [5.74, 6) is -0.0615. The van der Waals surface area contributed by atoms with Crippen molar-refractivity contribution in [3.63, 3.8) is 0 Å². The van der Waals surface area contributed by atoms with E-state index in [1.807, 2.05) is 18.0 Å². The summed E-state index contributed by atoms with van der Waals surface area (Å²) in [7, 11) is 3.39. The molecule has 5 heteroatoms. The molecule has 0 aliphatic heterocycles. The highest BCUT2D eigenvalue weighted by molar-refractivity contribution is 6.34. The summed E-state index contributed by atoms with van der Waals surface area (Å²) in [6.07, 6.45) is -0.564. The maximum absolute atomic E-state index is 11.3. The van der Waals surface area contributed by atoms with Crippen LogP contribution in [0.5, 0.6) is 0 Å². The van der Waals surface area contributed by atoms with E-state index in [-0.39, 0.29) is 12.4 Å². The number of carbonyl (C=O) groups is 1. The molecule has 0 fully saturated rings. The topological polar surface area (TPSA) is 49.8 Å². The zero-order valence-electron chi connectivity index (χ0n) is 10.8. The lowest BCUT2D eigenvalue weighted by atomic mass is 10.1. The molecule has 100 valence electrons. The highest BCUT2D eigenvalue weighted by Crippen LogP contribution is 2.23. The van der Waals surface area contributed by atoms with Gasteiger partial charge in [0.05, 0.1) is 17.7 Å². The molecule has 0 spiro atoms. The van der Waals surface area contributed by atoms with Crippen LogP contribution in [0.4, 0.5) is 5.69 Å². The Hall–Kier alpha value is -1.10. The van der Waals surface area contributed by atoms with E-state index in [2.05, 4.69) is 0 Å². The SMILES string of the molecule is COCC(O)CN(C)c1ccc(C(C)=O)c(Cl)c1. The second kappa shape index (κ2) is 6.73. The third-order valence-electron chi connectivity index (χ3n) is 2.62. The van der Waals surface area contributed by atoms with Gasteiger partial charge < -0.3 is 14.7 Å². The molecule has 18 heavy (non-hydrogen) atoms. The summed E-state index contributed by atoms with van der Waals surface area (Å²) in [6, 6.07) is 5.22. The van der Waals surface area contributed by atoms with Gasteiger partial charge in [0.15, 0.2) is 5.78 Å². The second-order valence-corrected chi connectivity index (χ2v) is 4.62. The number of anilines is 1. The molecular weight excluding hydrogens is 254 g/mol. The maximum Gasteiger partial charge on any atom is 0.161 e. The average molecular weight is 272 g/mol. The first-order valence-corrected chi connectivity index (χ1v) is 6.02. The van der Waals surface area contributed by atoms with E-state index in [1.165, 1.54) is 6.92 Å². The van der Waals surface area contributed by atoms with Crippen molar-refractivity contribution in [2.24, 2.45) is 0 Å². The van der Waals surface area contributed by atoms with E-state index in [0.717, 1.165) is 5.69 Å². The normalized spacial score (nSPS) is 12.3. The number of hydrogen-bond donors (Lipinski definition) is 1. The Bertz CT molecular complexity index is 423. The number of aliphatic hydroxyl groups excluding tert-OH is 1. The van der Waals surface area contributed by atoms with Crippen molar-refractivity contribution in [3.8, 4) is 0 Å². The van der Waals surface area contributed by atoms with Crippen molar-refractivity contribution in [2.45, 2.75) is 13.0 Å². The summed E-state index contributed by atoms with van der Waals surface area (Å²) in [6.45, 7) is 2.19. The summed E-state index contributed by atoms with van der Waals surface area (Å²) >= 11 is 6.03. The number of ketones is 1. The van der Waals surface area contributed by atoms with Crippen LogP contribution < -0.4 is 4.90 Å². The van der Waals surface area contributed by atoms with E-state index >= 15 is 0 Å². The third kappa shape index (κ3) is 3.98. The van der Waals surface area contributed by atoms with Gasteiger partial charge in [-0.3, -0.25) is 4.79 Å². The third-order valence-corrected chi connectivity index (χ3v) is 2.93. The minimum absolute atomic E-state index is 0.0615. The molecule has 1 aromatic rings. The van der Waals surface area contributed by atoms with Crippen LogP contribution in [-0.4, -0.2) is 44.3 Å². The van der Waals surface area contributed by atoms with Crippen LogP contribution in [0, 0.1) is 0 Å². The van der Waals surface area contributed by atoms with E-state index < -0.39 is 6.10 Å². The summed E-state index contributed by atoms with van der Waals surface area (Å²) < 4.78 is 4.87. The smallest absolute Gasteiger partial charge is 0.161 e. The molecule has 0 aliphatic rings. The van der Waals surface area contributed by atoms with E-state index in [9.17, 15) is 9.90 Å². The van der Waals surface area contributed by atoms with Gasteiger partial charge in [0, 0.05) is 32.0 Å². The minimum atomic E-state index is -0.564. The Labute approximate surface area is 112 Å². The van der Waals surface area contributed by atoms with E-state index in [0.29, 0.717) is 17.1 Å². The summed E-state index contributed by atoms with van der Waals surface area (Å²) in [5.41, 5.74) is 1.35. The van der Waals surface area contributed by atoms with Crippen molar-refractivity contribution >= 4 is 23.1 Å². The molecule has 0 aliphatic carbocycles. The van der Waals surface area contributed by atoms with Gasteiger partial charge >= 0.3 is 0 Å². The summed E-state index contributed by atoms with van der Waals surface area (Å²) in [4.78, 5) is 13.1. The first-order chi connectivity index (χ1) is 8.45. The Morgan fingerprint density at radius 3 is 2.72 bits per heavy atom. The number of benzene rings is 1. The fourth-order valence-corrected chi connectivity index (χ4v) is 2.00. The lowest BCUT2D eigenvalue weighted by molar-refractivity contribution is 0.0695. The van der Waals surface area contributed by atoms with Crippen LogP contribution >= 0.6 is 11.6 Å². The zero-order valence-corrected chi connectivity index (χ0v) is 11.6. The molecule has 1 rings (SSSR count). The second-order valence-electron chi connectivity index (χ2n) is 4.21. The first kappa shape index (κ1) is 15.0. The number of hydrogen-bond acceptors (Lipinski definition) is 4. The molecule has 0 radical (unpaired) electrons. The van der Waals surface area contributed by atoms with Crippen molar-refractivity contribution in [3.05, 3.63) is 28.8 Å². The number of Topliss-reactive ketones (excluding diaryl/α,β-unsaturated/α-hetero) is 1. The lowest BCUT2D eigenvalue weighted by Crippen LogP contribution is -2.31. The van der Waals surface area contributed by atoms with Crippen molar-refractivity contribution < 1.29 is 14.6 Å². The molecule has 1 unspecified atom stereocenters. The van der Waals surface area contributed by atoms with Crippen LogP contribution in [0.15, 0.2) is 18.2 Å². The Balaban J connectivity index is 2.78. The Kier molecular flexibility index (Phi) is 5.59. The number of likely N-dealkylation sites (N-methyl/N-ethyl adjacent to an activating group) is 1. The molecule has 4 nitrogen and oxygen atoms in total. The minimum Gasteiger partial charge on any atom is -0.389 e. The molecule has 0 bridgehead atoms. The Morgan fingerprint density at radius 1 is 1.56 bits per heavy atom. The number of aliphatic hydroxyl groups is 1. The molecule has 0 aromatic heterocycles. The van der Waals surface area contributed by atoms with Gasteiger partial charge in [-0.2, -0.15) is 0 Å². The number of carbonyl (C=O) groups excluding carboxylic acids is 1. The number of methoxy groups -OCH3 is 1. The largest absolute Gasteiger partial charge is 0.389 e. The molecule has 1 N–H and O–H groups in total. The van der Waals surface area contributed by atoms with Crippen LogP contribution in [0.3, 0.4) is 0 Å². The number of halogens is 1. The van der Waals surface area contributed by atoms with Crippen molar-refractivity contribution in [2.75, 3.05) is 32.2 Å². The van der Waals surface area contributed by atoms with Crippen molar-refractivity contribution in [1.29, 1.82) is 0 Å². The van der Waals surface area contributed by atoms with E-state index in [1.54, 1.807) is 19.2 Å². The molecular formula is C13H18ClNO3. The number of ether oxygens (including phenoxy) is 1. The number of rotatable bonds is 6. The molecule has 0 heterocycles. The molecule has 1 aromatic carbocycles. The van der Waals surface area contributed by atoms with E-state index in [4.69, 9.17) is 16.3 Å². The highest BCUT2D eigenvalue weighted by Gasteiger charge is 2.11. The highest BCUT2D eigenvalue weighted by atomic mass is 35.5. The predicted octanol–water partition coefficient (Wildman–Crippen LogP) is 1.99. The predicted molar refractivity (Wildman–Crippen MR) is 72.6 cm³/mol.